The Morgan fingerprint density at radius 2 is 1.95 bits per heavy atom. The Kier molecular flexibility index (Phi) is 5.65. The third-order valence-corrected chi connectivity index (χ3v) is 3.15. The molecule has 0 aliphatic rings. The molecule has 0 heterocycles. The lowest BCUT2D eigenvalue weighted by Crippen LogP contribution is -2.43. The molecule has 1 atom stereocenters. The molecule has 1 amide bonds. The van der Waals surface area contributed by atoms with Gasteiger partial charge in [0.2, 0.25) is 5.91 Å². The van der Waals surface area contributed by atoms with Gasteiger partial charge in [-0.2, -0.15) is 0 Å². The van der Waals surface area contributed by atoms with E-state index in [1.807, 2.05) is 33.8 Å². The highest BCUT2D eigenvalue weighted by Gasteiger charge is 2.15. The van der Waals surface area contributed by atoms with Crippen molar-refractivity contribution in [2.75, 3.05) is 6.54 Å². The van der Waals surface area contributed by atoms with Gasteiger partial charge < -0.3 is 10.6 Å². The number of benzene rings is 1. The topological polar surface area (TPSA) is 41.1 Å². The first-order chi connectivity index (χ1) is 8.69. The monoisotopic (exact) mass is 302 g/mol. The second kappa shape index (κ2) is 6.60. The van der Waals surface area contributed by atoms with Gasteiger partial charge in [0, 0.05) is 15.6 Å². The van der Waals surface area contributed by atoms with E-state index in [2.05, 4.69) is 10.6 Å². The average Bonchev–Trinajstić information content (AvgIpc) is 2.25. The van der Waals surface area contributed by atoms with Gasteiger partial charge in [-0.25, -0.2) is 0 Å². The number of hydrogen-bond donors (Lipinski definition) is 2. The molecule has 3 nitrogen and oxygen atoms in total. The predicted molar refractivity (Wildman–Crippen MR) is 80.8 cm³/mol. The highest BCUT2D eigenvalue weighted by atomic mass is 35.5. The first-order valence-electron chi connectivity index (χ1n) is 6.18. The van der Waals surface area contributed by atoms with Crippen LogP contribution in [0.2, 0.25) is 10.0 Å². The average molecular weight is 303 g/mol. The minimum atomic E-state index is -0.154. The lowest BCUT2D eigenvalue weighted by atomic mass is 10.1. The van der Waals surface area contributed by atoms with Crippen molar-refractivity contribution in [2.24, 2.45) is 0 Å². The van der Waals surface area contributed by atoms with E-state index in [-0.39, 0.29) is 24.0 Å². The van der Waals surface area contributed by atoms with Crippen LogP contribution in [0.1, 0.15) is 39.3 Å². The first kappa shape index (κ1) is 16.3. The van der Waals surface area contributed by atoms with Crippen LogP contribution in [-0.2, 0) is 4.79 Å². The van der Waals surface area contributed by atoms with Crippen LogP contribution in [0.15, 0.2) is 18.2 Å². The largest absolute Gasteiger partial charge is 0.348 e. The smallest absolute Gasteiger partial charge is 0.234 e. The van der Waals surface area contributed by atoms with Crippen molar-refractivity contribution in [3.05, 3.63) is 33.8 Å². The van der Waals surface area contributed by atoms with Crippen LogP contribution >= 0.6 is 23.2 Å². The number of carbonyl (C=O) groups excluding carboxylic acids is 1. The van der Waals surface area contributed by atoms with E-state index < -0.39 is 0 Å². The van der Waals surface area contributed by atoms with E-state index >= 15 is 0 Å². The van der Waals surface area contributed by atoms with E-state index in [1.165, 1.54) is 0 Å². The Morgan fingerprint density at radius 1 is 1.32 bits per heavy atom. The van der Waals surface area contributed by atoms with Crippen LogP contribution in [0.4, 0.5) is 0 Å². The molecular formula is C14H20Cl2N2O. The molecule has 0 aromatic heterocycles. The molecule has 0 aliphatic heterocycles. The SMILES string of the molecule is CC(NC(=O)CNC(C)(C)C)c1ccc(Cl)cc1Cl. The highest BCUT2D eigenvalue weighted by molar-refractivity contribution is 6.35. The Labute approximate surface area is 124 Å². The summed E-state index contributed by atoms with van der Waals surface area (Å²) in [6, 6.07) is 5.11. The van der Waals surface area contributed by atoms with E-state index in [9.17, 15) is 4.79 Å². The third-order valence-electron chi connectivity index (χ3n) is 2.59. The van der Waals surface area contributed by atoms with Gasteiger partial charge in [-0.05, 0) is 45.4 Å². The van der Waals surface area contributed by atoms with Crippen molar-refractivity contribution in [1.82, 2.24) is 10.6 Å². The standard InChI is InChI=1S/C14H20Cl2N2O/c1-9(11-6-5-10(15)7-12(11)16)18-13(19)8-17-14(2,3)4/h5-7,9,17H,8H2,1-4H3,(H,18,19). The van der Waals surface area contributed by atoms with Gasteiger partial charge in [-0.3, -0.25) is 4.79 Å². The molecule has 0 saturated heterocycles. The van der Waals surface area contributed by atoms with Crippen molar-refractivity contribution < 1.29 is 4.79 Å². The first-order valence-corrected chi connectivity index (χ1v) is 6.94. The van der Waals surface area contributed by atoms with Crippen LogP contribution in [0, 0.1) is 0 Å². The molecule has 106 valence electrons. The summed E-state index contributed by atoms with van der Waals surface area (Å²) in [4.78, 5) is 11.8. The number of hydrogen-bond acceptors (Lipinski definition) is 2. The van der Waals surface area contributed by atoms with Crippen LogP contribution in [0.3, 0.4) is 0 Å². The molecule has 0 radical (unpaired) electrons. The molecule has 1 aromatic carbocycles. The normalized spacial score (nSPS) is 13.2. The van der Waals surface area contributed by atoms with Gasteiger partial charge in [-0.1, -0.05) is 29.3 Å². The summed E-state index contributed by atoms with van der Waals surface area (Å²) in [5.41, 5.74) is 0.772. The maximum absolute atomic E-state index is 11.8. The number of carbonyl (C=O) groups is 1. The molecule has 5 heteroatoms. The Hall–Kier alpha value is -0.770. The van der Waals surface area contributed by atoms with Crippen molar-refractivity contribution in [3.8, 4) is 0 Å². The van der Waals surface area contributed by atoms with Crippen molar-refractivity contribution in [2.45, 2.75) is 39.3 Å². The van der Waals surface area contributed by atoms with Gasteiger partial charge >= 0.3 is 0 Å². The zero-order chi connectivity index (χ0) is 14.6. The van der Waals surface area contributed by atoms with E-state index in [4.69, 9.17) is 23.2 Å². The van der Waals surface area contributed by atoms with Crippen LogP contribution in [0.25, 0.3) is 0 Å². The summed E-state index contributed by atoms with van der Waals surface area (Å²) in [6.07, 6.45) is 0. The predicted octanol–water partition coefficient (Wildman–Crippen LogP) is 3.56. The lowest BCUT2D eigenvalue weighted by Gasteiger charge is -2.21. The molecule has 0 bridgehead atoms. The van der Waals surface area contributed by atoms with E-state index in [0.29, 0.717) is 10.0 Å². The fraction of sp³-hybridized carbons (Fsp3) is 0.500. The second-order valence-corrected chi connectivity index (χ2v) is 6.40. The summed E-state index contributed by atoms with van der Waals surface area (Å²) < 4.78 is 0. The van der Waals surface area contributed by atoms with E-state index in [0.717, 1.165) is 5.56 Å². The third kappa shape index (κ3) is 5.81. The maximum Gasteiger partial charge on any atom is 0.234 e. The highest BCUT2D eigenvalue weighted by Crippen LogP contribution is 2.25. The van der Waals surface area contributed by atoms with Crippen molar-refractivity contribution in [3.63, 3.8) is 0 Å². The summed E-state index contributed by atoms with van der Waals surface area (Å²) in [7, 11) is 0. The molecule has 0 spiro atoms. The van der Waals surface area contributed by atoms with Gasteiger partial charge in [0.25, 0.3) is 0 Å². The summed E-state index contributed by atoms with van der Waals surface area (Å²) in [6.45, 7) is 8.21. The Balaban J connectivity index is 2.59. The number of nitrogens with one attached hydrogen (secondary N) is 2. The molecule has 1 unspecified atom stereocenters. The summed E-state index contributed by atoms with van der Waals surface area (Å²) >= 11 is 12.0. The zero-order valence-electron chi connectivity index (χ0n) is 11.7. The van der Waals surface area contributed by atoms with Gasteiger partial charge in [-0.15, -0.1) is 0 Å². The molecule has 0 aliphatic carbocycles. The van der Waals surface area contributed by atoms with Crippen molar-refractivity contribution in [1.29, 1.82) is 0 Å². The van der Waals surface area contributed by atoms with E-state index in [1.54, 1.807) is 12.1 Å². The molecule has 0 fully saturated rings. The van der Waals surface area contributed by atoms with Gasteiger partial charge in [0.15, 0.2) is 0 Å². The minimum Gasteiger partial charge on any atom is -0.348 e. The molecule has 19 heavy (non-hydrogen) atoms. The fourth-order valence-corrected chi connectivity index (χ4v) is 2.14. The number of rotatable bonds is 4. The van der Waals surface area contributed by atoms with Gasteiger partial charge in [0.05, 0.1) is 12.6 Å². The zero-order valence-corrected chi connectivity index (χ0v) is 13.2. The fourth-order valence-electron chi connectivity index (χ4n) is 1.57. The molecule has 2 N–H and O–H groups in total. The van der Waals surface area contributed by atoms with Crippen LogP contribution in [-0.4, -0.2) is 18.0 Å². The Morgan fingerprint density at radius 3 is 2.47 bits per heavy atom. The molecule has 1 rings (SSSR count). The Bertz CT molecular complexity index is 455. The minimum absolute atomic E-state index is 0.0616. The lowest BCUT2D eigenvalue weighted by molar-refractivity contribution is -0.121. The molecular weight excluding hydrogens is 283 g/mol. The number of halogens is 2. The maximum atomic E-state index is 11.8. The van der Waals surface area contributed by atoms with Gasteiger partial charge in [0.1, 0.15) is 0 Å². The summed E-state index contributed by atoms with van der Waals surface area (Å²) in [5.74, 6) is -0.0616. The number of amides is 1. The molecule has 0 saturated carbocycles. The summed E-state index contributed by atoms with van der Waals surface area (Å²) in [5, 5.41) is 7.18. The quantitative estimate of drug-likeness (QED) is 0.893. The molecule has 1 aromatic rings. The van der Waals surface area contributed by atoms with Crippen LogP contribution in [0.5, 0.6) is 0 Å². The second-order valence-electron chi connectivity index (χ2n) is 5.56. The van der Waals surface area contributed by atoms with Crippen molar-refractivity contribution >= 4 is 29.1 Å². The van der Waals surface area contributed by atoms with Crippen LogP contribution < -0.4 is 10.6 Å².